The number of benzene rings is 1. The number of fused-ring (bicyclic) bond motifs is 2. The first-order valence-corrected chi connectivity index (χ1v) is 11.0. The molecule has 4 rings (SSSR count). The maximum Gasteiger partial charge on any atom is 0.341 e. The van der Waals surface area contributed by atoms with Crippen LogP contribution in [-0.4, -0.2) is 56.2 Å². The van der Waals surface area contributed by atoms with Gasteiger partial charge in [0.15, 0.2) is 11.5 Å². The molecular weight excluding hydrogens is 404 g/mol. The second-order valence-electron chi connectivity index (χ2n) is 7.43. The van der Waals surface area contributed by atoms with Gasteiger partial charge < -0.3 is 19.5 Å². The number of aryl methyl sites for hydroxylation is 1. The van der Waals surface area contributed by atoms with Gasteiger partial charge in [-0.2, -0.15) is 0 Å². The predicted octanol–water partition coefficient (Wildman–Crippen LogP) is 3.12. The molecule has 160 valence electrons. The summed E-state index contributed by atoms with van der Waals surface area (Å²) >= 11 is 1.49. The summed E-state index contributed by atoms with van der Waals surface area (Å²) in [5.41, 5.74) is 1.55. The number of hydrogen-bond acceptors (Lipinski definition) is 7. The molecule has 1 aliphatic carbocycles. The summed E-state index contributed by atoms with van der Waals surface area (Å²) in [5, 5.41) is 3.53. The van der Waals surface area contributed by atoms with Crippen LogP contribution in [0.25, 0.3) is 0 Å². The van der Waals surface area contributed by atoms with E-state index in [4.69, 9.17) is 14.2 Å². The molecule has 2 aromatic rings. The van der Waals surface area contributed by atoms with Crippen molar-refractivity contribution in [3.05, 3.63) is 40.3 Å². The quantitative estimate of drug-likeness (QED) is 0.680. The van der Waals surface area contributed by atoms with Crippen LogP contribution >= 0.6 is 11.3 Å². The van der Waals surface area contributed by atoms with Crippen molar-refractivity contribution in [2.45, 2.75) is 32.3 Å². The van der Waals surface area contributed by atoms with Crippen LogP contribution in [0.3, 0.4) is 0 Å². The molecule has 0 saturated heterocycles. The van der Waals surface area contributed by atoms with E-state index in [1.165, 1.54) is 23.3 Å². The van der Waals surface area contributed by atoms with Crippen LogP contribution in [0.5, 0.6) is 11.5 Å². The van der Waals surface area contributed by atoms with E-state index in [2.05, 4.69) is 5.32 Å². The molecular formula is C22H26N2O5S. The van der Waals surface area contributed by atoms with E-state index >= 15 is 0 Å². The lowest BCUT2D eigenvalue weighted by Gasteiger charge is -2.30. The third-order valence-electron chi connectivity index (χ3n) is 5.41. The Labute approximate surface area is 179 Å². The van der Waals surface area contributed by atoms with Crippen LogP contribution in [-0.2, 0) is 22.4 Å². The number of ether oxygens (including phenoxy) is 3. The number of hydrogen-bond donors (Lipinski definition) is 1. The van der Waals surface area contributed by atoms with E-state index in [1.54, 1.807) is 0 Å². The van der Waals surface area contributed by atoms with Crippen molar-refractivity contribution in [2.24, 2.45) is 0 Å². The molecule has 8 heteroatoms. The Kier molecular flexibility index (Phi) is 6.24. The largest absolute Gasteiger partial charge is 0.486 e. The summed E-state index contributed by atoms with van der Waals surface area (Å²) in [6, 6.07) is 7.59. The lowest BCUT2D eigenvalue weighted by molar-refractivity contribution is -0.117. The average Bonchev–Trinajstić information content (AvgIpc) is 3.33. The van der Waals surface area contributed by atoms with Crippen molar-refractivity contribution in [3.8, 4) is 11.5 Å². The van der Waals surface area contributed by atoms with Crippen molar-refractivity contribution in [1.29, 1.82) is 0 Å². The van der Waals surface area contributed by atoms with Crippen molar-refractivity contribution < 1.29 is 23.8 Å². The maximum absolute atomic E-state index is 12.7. The smallest absolute Gasteiger partial charge is 0.341 e. The molecule has 2 heterocycles. The van der Waals surface area contributed by atoms with Gasteiger partial charge in [-0.3, -0.25) is 9.69 Å². The standard InChI is InChI=1S/C22H26N2O5S/c1-3-24(11-14-13-28-16-8-4-5-9-17(16)29-14)12-19(25)23-21-20(22(26)27-2)15-7-6-10-18(15)30-21/h4-5,8-9,14H,3,6-7,10-13H2,1-2H3,(H,23,25)/t14-/m0/s1. The minimum atomic E-state index is -0.386. The van der Waals surface area contributed by atoms with Crippen molar-refractivity contribution in [3.63, 3.8) is 0 Å². The van der Waals surface area contributed by atoms with Gasteiger partial charge in [-0.05, 0) is 43.5 Å². The van der Waals surface area contributed by atoms with Crippen LogP contribution in [0.4, 0.5) is 5.00 Å². The fourth-order valence-electron chi connectivity index (χ4n) is 3.93. The molecule has 0 bridgehead atoms. The number of anilines is 1. The molecule has 0 radical (unpaired) electrons. The number of nitrogens with zero attached hydrogens (tertiary/aromatic N) is 1. The Morgan fingerprint density at radius 1 is 1.27 bits per heavy atom. The van der Waals surface area contributed by atoms with Gasteiger partial charge in [-0.1, -0.05) is 19.1 Å². The van der Waals surface area contributed by atoms with E-state index < -0.39 is 0 Å². The Morgan fingerprint density at radius 2 is 2.07 bits per heavy atom. The lowest BCUT2D eigenvalue weighted by atomic mass is 10.1. The fourth-order valence-corrected chi connectivity index (χ4v) is 5.22. The van der Waals surface area contributed by atoms with Crippen LogP contribution < -0.4 is 14.8 Å². The highest BCUT2D eigenvalue weighted by Crippen LogP contribution is 2.39. The molecule has 30 heavy (non-hydrogen) atoms. The van der Waals surface area contributed by atoms with Crippen molar-refractivity contribution in [1.82, 2.24) is 4.90 Å². The van der Waals surface area contributed by atoms with Gasteiger partial charge >= 0.3 is 5.97 Å². The minimum Gasteiger partial charge on any atom is -0.486 e. The number of rotatable bonds is 7. The highest BCUT2D eigenvalue weighted by molar-refractivity contribution is 7.17. The summed E-state index contributed by atoms with van der Waals surface area (Å²) in [7, 11) is 1.37. The molecule has 1 aromatic carbocycles. The summed E-state index contributed by atoms with van der Waals surface area (Å²) in [6.45, 7) is 3.92. The first-order chi connectivity index (χ1) is 14.6. The Bertz CT molecular complexity index is 942. The second kappa shape index (κ2) is 9.06. The van der Waals surface area contributed by atoms with E-state index in [9.17, 15) is 9.59 Å². The third kappa shape index (κ3) is 4.29. The summed E-state index contributed by atoms with van der Waals surface area (Å²) in [5.74, 6) is 0.934. The van der Waals surface area contributed by atoms with Gasteiger partial charge in [0.25, 0.3) is 0 Å². The Balaban J connectivity index is 1.38. The number of carbonyl (C=O) groups excluding carboxylic acids is 2. The summed E-state index contributed by atoms with van der Waals surface area (Å²) < 4.78 is 16.7. The minimum absolute atomic E-state index is 0.149. The molecule has 1 N–H and O–H groups in total. The summed E-state index contributed by atoms with van der Waals surface area (Å²) in [4.78, 5) is 28.2. The van der Waals surface area contributed by atoms with Gasteiger partial charge in [0, 0.05) is 11.4 Å². The Morgan fingerprint density at radius 3 is 2.83 bits per heavy atom. The fraction of sp³-hybridized carbons (Fsp3) is 0.455. The number of likely N-dealkylation sites (N-methyl/N-ethyl adjacent to an activating group) is 1. The second-order valence-corrected chi connectivity index (χ2v) is 8.53. The average molecular weight is 431 g/mol. The number of thiophene rings is 1. The van der Waals surface area contributed by atoms with Crippen molar-refractivity contribution in [2.75, 3.05) is 38.7 Å². The topological polar surface area (TPSA) is 77.1 Å². The Hall–Kier alpha value is -2.58. The van der Waals surface area contributed by atoms with Gasteiger partial charge in [-0.15, -0.1) is 11.3 Å². The number of nitrogens with one attached hydrogen (secondary N) is 1. The van der Waals surface area contributed by atoms with Crippen molar-refractivity contribution >= 4 is 28.2 Å². The molecule has 0 fully saturated rings. The van der Waals surface area contributed by atoms with Crippen LogP contribution in [0.1, 0.15) is 34.1 Å². The van der Waals surface area contributed by atoms with Gasteiger partial charge in [0.1, 0.15) is 17.7 Å². The molecule has 2 aliphatic rings. The highest BCUT2D eigenvalue weighted by atomic mass is 32.1. The lowest BCUT2D eigenvalue weighted by Crippen LogP contribution is -2.43. The predicted molar refractivity (Wildman–Crippen MR) is 115 cm³/mol. The van der Waals surface area contributed by atoms with Gasteiger partial charge in [-0.25, -0.2) is 4.79 Å². The summed E-state index contributed by atoms with van der Waals surface area (Å²) in [6.07, 6.45) is 2.69. The molecule has 1 amide bonds. The number of carbonyl (C=O) groups is 2. The first kappa shape index (κ1) is 20.7. The zero-order valence-electron chi connectivity index (χ0n) is 17.2. The van der Waals surface area contributed by atoms with E-state index in [1.807, 2.05) is 36.1 Å². The first-order valence-electron chi connectivity index (χ1n) is 10.2. The molecule has 1 aliphatic heterocycles. The molecule has 0 spiro atoms. The number of esters is 1. The third-order valence-corrected chi connectivity index (χ3v) is 6.61. The molecule has 1 atom stereocenters. The zero-order valence-corrected chi connectivity index (χ0v) is 18.0. The molecule has 1 aromatic heterocycles. The highest BCUT2D eigenvalue weighted by Gasteiger charge is 2.29. The SMILES string of the molecule is CCN(CC(=O)Nc1sc2c(c1C(=O)OC)CCC2)C[C@H]1COc2ccccc2O1. The van der Waals surface area contributed by atoms with E-state index in [0.29, 0.717) is 30.3 Å². The molecule has 7 nitrogen and oxygen atoms in total. The number of amides is 1. The molecule has 0 unspecified atom stereocenters. The van der Waals surface area contributed by atoms with Crippen LogP contribution in [0, 0.1) is 0 Å². The van der Waals surface area contributed by atoms with Gasteiger partial charge in [0.2, 0.25) is 5.91 Å². The van der Waals surface area contributed by atoms with E-state index in [0.717, 1.165) is 36.3 Å². The molecule has 0 saturated carbocycles. The monoisotopic (exact) mass is 430 g/mol. The van der Waals surface area contributed by atoms with E-state index in [-0.39, 0.29) is 24.5 Å². The van der Waals surface area contributed by atoms with Gasteiger partial charge in [0.05, 0.1) is 19.2 Å². The number of para-hydroxylation sites is 2. The normalized spacial score (nSPS) is 17.0. The number of methoxy groups -OCH3 is 1. The van der Waals surface area contributed by atoms with Crippen LogP contribution in [0.15, 0.2) is 24.3 Å². The van der Waals surface area contributed by atoms with Crippen LogP contribution in [0.2, 0.25) is 0 Å². The zero-order chi connectivity index (χ0) is 21.1. The maximum atomic E-state index is 12.7.